The molecule has 1 aromatic carbocycles. The number of halogens is 1. The average molecular weight is 300 g/mol. The number of carboxylic acid groups (broad SMARTS) is 1. The summed E-state index contributed by atoms with van der Waals surface area (Å²) in [7, 11) is 0. The van der Waals surface area contributed by atoms with Crippen LogP contribution in [0.1, 0.15) is 10.4 Å². The molecule has 92 valence electrons. The summed E-state index contributed by atoms with van der Waals surface area (Å²) in [6, 6.07) is 6.58. The summed E-state index contributed by atoms with van der Waals surface area (Å²) in [5.41, 5.74) is 0.178. The molecule has 4 nitrogen and oxygen atoms in total. The second-order valence-corrected chi connectivity index (χ2v) is 4.47. The standard InChI is InChI=1S/C12H14BrNO3/c1-9(13)8-14-6-7-17-11-5-3-2-4-10(11)12(15)16/h2-5,14H,1,6-8H2,(H,15,16). The highest BCUT2D eigenvalue weighted by molar-refractivity contribution is 9.11. The van der Waals surface area contributed by atoms with Gasteiger partial charge < -0.3 is 15.2 Å². The molecule has 0 aliphatic rings. The first kappa shape index (κ1) is 13.7. The third kappa shape index (κ3) is 5.01. The molecule has 0 radical (unpaired) electrons. The van der Waals surface area contributed by atoms with Crippen LogP contribution in [0.2, 0.25) is 0 Å². The molecule has 0 aliphatic carbocycles. The van der Waals surface area contributed by atoms with Crippen molar-refractivity contribution in [2.75, 3.05) is 19.7 Å². The second kappa shape index (κ2) is 7.09. The van der Waals surface area contributed by atoms with Gasteiger partial charge in [-0.05, 0) is 12.1 Å². The van der Waals surface area contributed by atoms with Gasteiger partial charge in [-0.1, -0.05) is 34.6 Å². The van der Waals surface area contributed by atoms with Gasteiger partial charge in [0.15, 0.2) is 0 Å². The first-order chi connectivity index (χ1) is 8.11. The average Bonchev–Trinajstić information content (AvgIpc) is 2.28. The van der Waals surface area contributed by atoms with E-state index in [-0.39, 0.29) is 5.56 Å². The highest BCUT2D eigenvalue weighted by atomic mass is 79.9. The van der Waals surface area contributed by atoms with Crippen molar-refractivity contribution in [2.24, 2.45) is 0 Å². The van der Waals surface area contributed by atoms with E-state index in [2.05, 4.69) is 27.8 Å². The fourth-order valence-corrected chi connectivity index (χ4v) is 1.42. The minimum absolute atomic E-state index is 0.178. The number of ether oxygens (including phenoxy) is 1. The van der Waals surface area contributed by atoms with Crippen LogP contribution >= 0.6 is 15.9 Å². The lowest BCUT2D eigenvalue weighted by Crippen LogP contribution is -2.22. The molecule has 1 aromatic rings. The Morgan fingerprint density at radius 1 is 1.47 bits per heavy atom. The number of carboxylic acids is 1. The number of aromatic carboxylic acids is 1. The summed E-state index contributed by atoms with van der Waals surface area (Å²) in [6.45, 7) is 5.37. The van der Waals surface area contributed by atoms with E-state index in [1.807, 2.05) is 0 Å². The van der Waals surface area contributed by atoms with Gasteiger partial charge in [0.25, 0.3) is 0 Å². The van der Waals surface area contributed by atoms with Gasteiger partial charge in [0.05, 0.1) is 0 Å². The van der Waals surface area contributed by atoms with Crippen LogP contribution in [0, 0.1) is 0 Å². The highest BCUT2D eigenvalue weighted by Gasteiger charge is 2.09. The Labute approximate surface area is 108 Å². The monoisotopic (exact) mass is 299 g/mol. The lowest BCUT2D eigenvalue weighted by atomic mass is 10.2. The van der Waals surface area contributed by atoms with Crippen LogP contribution in [0.5, 0.6) is 5.75 Å². The third-order valence-electron chi connectivity index (χ3n) is 1.97. The van der Waals surface area contributed by atoms with Crippen molar-refractivity contribution >= 4 is 21.9 Å². The van der Waals surface area contributed by atoms with Crippen molar-refractivity contribution in [3.8, 4) is 5.75 Å². The van der Waals surface area contributed by atoms with E-state index in [0.717, 1.165) is 4.48 Å². The van der Waals surface area contributed by atoms with E-state index in [1.54, 1.807) is 18.2 Å². The molecule has 1 rings (SSSR count). The lowest BCUT2D eigenvalue weighted by Gasteiger charge is -2.09. The van der Waals surface area contributed by atoms with Crippen molar-refractivity contribution in [3.63, 3.8) is 0 Å². The van der Waals surface area contributed by atoms with Crippen molar-refractivity contribution < 1.29 is 14.6 Å². The summed E-state index contributed by atoms with van der Waals surface area (Å²) < 4.78 is 6.26. The van der Waals surface area contributed by atoms with Crippen LogP contribution in [0.3, 0.4) is 0 Å². The van der Waals surface area contributed by atoms with Gasteiger partial charge in [0.2, 0.25) is 0 Å². The summed E-state index contributed by atoms with van der Waals surface area (Å²) in [5, 5.41) is 12.0. The van der Waals surface area contributed by atoms with Gasteiger partial charge >= 0.3 is 5.97 Å². The largest absolute Gasteiger partial charge is 0.491 e. The van der Waals surface area contributed by atoms with Gasteiger partial charge in [-0.15, -0.1) is 0 Å². The molecule has 17 heavy (non-hydrogen) atoms. The van der Waals surface area contributed by atoms with Crippen LogP contribution in [0.15, 0.2) is 35.3 Å². The number of carbonyl (C=O) groups is 1. The van der Waals surface area contributed by atoms with Crippen LogP contribution in [-0.2, 0) is 0 Å². The Morgan fingerprint density at radius 2 is 2.18 bits per heavy atom. The molecular formula is C12H14BrNO3. The number of hydrogen-bond donors (Lipinski definition) is 2. The van der Waals surface area contributed by atoms with E-state index in [0.29, 0.717) is 25.4 Å². The molecule has 0 aromatic heterocycles. The zero-order valence-electron chi connectivity index (χ0n) is 9.28. The second-order valence-electron chi connectivity index (χ2n) is 3.34. The highest BCUT2D eigenvalue weighted by Crippen LogP contribution is 2.17. The molecular weight excluding hydrogens is 286 g/mol. The van der Waals surface area contributed by atoms with Crippen LogP contribution in [-0.4, -0.2) is 30.8 Å². The van der Waals surface area contributed by atoms with Crippen LogP contribution < -0.4 is 10.1 Å². The van der Waals surface area contributed by atoms with E-state index >= 15 is 0 Å². The SMILES string of the molecule is C=C(Br)CNCCOc1ccccc1C(=O)O. The molecule has 0 atom stereocenters. The molecule has 0 unspecified atom stereocenters. The fraction of sp³-hybridized carbons (Fsp3) is 0.250. The number of benzene rings is 1. The van der Waals surface area contributed by atoms with Crippen LogP contribution in [0.4, 0.5) is 0 Å². The molecule has 0 aliphatic heterocycles. The molecule has 0 bridgehead atoms. The summed E-state index contributed by atoms with van der Waals surface area (Å²) in [5.74, 6) is -0.595. The molecule has 0 fully saturated rings. The zero-order chi connectivity index (χ0) is 12.7. The minimum atomic E-state index is -0.984. The Balaban J connectivity index is 2.41. The minimum Gasteiger partial charge on any atom is -0.491 e. The molecule has 0 amide bonds. The Hall–Kier alpha value is -1.33. The molecule has 0 heterocycles. The van der Waals surface area contributed by atoms with Crippen molar-refractivity contribution in [1.82, 2.24) is 5.32 Å². The van der Waals surface area contributed by atoms with Gasteiger partial charge in [0.1, 0.15) is 17.9 Å². The van der Waals surface area contributed by atoms with Gasteiger partial charge in [0, 0.05) is 17.6 Å². The summed E-state index contributed by atoms with van der Waals surface area (Å²) >= 11 is 3.23. The lowest BCUT2D eigenvalue weighted by molar-refractivity contribution is 0.0692. The third-order valence-corrected chi connectivity index (χ3v) is 2.25. The number of para-hydroxylation sites is 1. The van der Waals surface area contributed by atoms with Crippen molar-refractivity contribution in [2.45, 2.75) is 0 Å². The number of rotatable bonds is 7. The number of nitrogens with one attached hydrogen (secondary N) is 1. The van der Waals surface area contributed by atoms with E-state index in [9.17, 15) is 4.79 Å². The Morgan fingerprint density at radius 3 is 2.82 bits per heavy atom. The fourth-order valence-electron chi connectivity index (χ4n) is 1.23. The molecule has 0 saturated heterocycles. The first-order valence-electron chi connectivity index (χ1n) is 5.10. The van der Waals surface area contributed by atoms with E-state index in [1.165, 1.54) is 6.07 Å². The predicted octanol–water partition coefficient (Wildman–Crippen LogP) is 2.26. The molecule has 5 heteroatoms. The first-order valence-corrected chi connectivity index (χ1v) is 5.89. The van der Waals surface area contributed by atoms with Crippen LogP contribution in [0.25, 0.3) is 0 Å². The summed E-state index contributed by atoms with van der Waals surface area (Å²) in [6.07, 6.45) is 0. The topological polar surface area (TPSA) is 58.6 Å². The predicted molar refractivity (Wildman–Crippen MR) is 69.8 cm³/mol. The Bertz CT molecular complexity index is 406. The smallest absolute Gasteiger partial charge is 0.339 e. The quantitative estimate of drug-likeness (QED) is 0.758. The molecule has 0 spiro atoms. The van der Waals surface area contributed by atoms with Crippen molar-refractivity contribution in [1.29, 1.82) is 0 Å². The van der Waals surface area contributed by atoms with Crippen molar-refractivity contribution in [3.05, 3.63) is 40.9 Å². The maximum Gasteiger partial charge on any atom is 0.339 e. The normalized spacial score (nSPS) is 9.94. The summed E-state index contributed by atoms with van der Waals surface area (Å²) in [4.78, 5) is 10.9. The van der Waals surface area contributed by atoms with E-state index in [4.69, 9.17) is 9.84 Å². The van der Waals surface area contributed by atoms with Gasteiger partial charge in [-0.25, -0.2) is 4.79 Å². The Kier molecular flexibility index (Phi) is 5.72. The maximum atomic E-state index is 10.9. The van der Waals surface area contributed by atoms with Gasteiger partial charge in [-0.2, -0.15) is 0 Å². The number of hydrogen-bond acceptors (Lipinski definition) is 3. The maximum absolute atomic E-state index is 10.9. The van der Waals surface area contributed by atoms with E-state index < -0.39 is 5.97 Å². The van der Waals surface area contributed by atoms with Gasteiger partial charge in [-0.3, -0.25) is 0 Å². The molecule has 2 N–H and O–H groups in total. The molecule has 0 saturated carbocycles. The zero-order valence-corrected chi connectivity index (χ0v) is 10.9.